The summed E-state index contributed by atoms with van der Waals surface area (Å²) >= 11 is 0. The molecule has 0 spiro atoms. The minimum Gasteiger partial charge on any atom is -0.404 e. The van der Waals surface area contributed by atoms with E-state index < -0.39 is 38.8 Å². The molecule has 0 radical (unpaired) electrons. The summed E-state index contributed by atoms with van der Waals surface area (Å²) in [4.78, 5) is 0. The van der Waals surface area contributed by atoms with Gasteiger partial charge in [-0.1, -0.05) is 203 Å². The second-order valence-electron chi connectivity index (χ2n) is 15.4. The molecule has 284 valence electrons. The molecular formula is C49H51BO5Si. The van der Waals surface area contributed by atoms with E-state index in [1.54, 1.807) is 14.2 Å². The lowest BCUT2D eigenvalue weighted by Crippen LogP contribution is -2.66. The summed E-state index contributed by atoms with van der Waals surface area (Å²) < 4.78 is 35.7. The van der Waals surface area contributed by atoms with Crippen LogP contribution < -0.4 is 10.4 Å². The van der Waals surface area contributed by atoms with Crippen LogP contribution in [0.3, 0.4) is 0 Å². The topological polar surface area (TPSA) is 46.2 Å². The minimum absolute atomic E-state index is 0.213. The van der Waals surface area contributed by atoms with Crippen molar-refractivity contribution in [2.75, 3.05) is 20.8 Å². The van der Waals surface area contributed by atoms with Gasteiger partial charge in [0.1, 0.15) is 23.4 Å². The Bertz CT molecular complexity index is 1930. The third-order valence-corrected chi connectivity index (χ3v) is 16.3. The summed E-state index contributed by atoms with van der Waals surface area (Å²) in [5.74, 6) is 0. The van der Waals surface area contributed by atoms with Crippen LogP contribution in [-0.4, -0.2) is 48.5 Å². The molecule has 0 amide bonds. The molecule has 56 heavy (non-hydrogen) atoms. The van der Waals surface area contributed by atoms with Crippen LogP contribution >= 0.6 is 0 Å². The Balaban J connectivity index is 1.39. The van der Waals surface area contributed by atoms with Crippen molar-refractivity contribution < 1.29 is 23.2 Å². The van der Waals surface area contributed by atoms with Gasteiger partial charge in [-0.2, -0.15) is 0 Å². The van der Waals surface area contributed by atoms with Crippen LogP contribution in [0.25, 0.3) is 0 Å². The lowest BCUT2D eigenvalue weighted by Gasteiger charge is -2.46. The number of methoxy groups -OCH3 is 2. The van der Waals surface area contributed by atoms with Crippen molar-refractivity contribution in [1.29, 1.82) is 0 Å². The largest absolute Gasteiger partial charge is 0.492 e. The Labute approximate surface area is 334 Å². The van der Waals surface area contributed by atoms with Gasteiger partial charge in [0, 0.05) is 14.2 Å². The molecule has 7 heteroatoms. The molecule has 7 rings (SSSR count). The van der Waals surface area contributed by atoms with E-state index in [1.807, 2.05) is 72.8 Å². The first-order valence-electron chi connectivity index (χ1n) is 19.3. The molecule has 1 aliphatic heterocycles. The lowest BCUT2D eigenvalue weighted by atomic mass is 9.71. The van der Waals surface area contributed by atoms with Crippen LogP contribution in [0.5, 0.6) is 0 Å². The molecule has 0 saturated carbocycles. The molecule has 0 unspecified atom stereocenters. The van der Waals surface area contributed by atoms with Crippen LogP contribution in [-0.2, 0) is 34.4 Å². The van der Waals surface area contributed by atoms with E-state index in [0.29, 0.717) is 5.47 Å². The summed E-state index contributed by atoms with van der Waals surface area (Å²) in [6.07, 6.45) is -1.49. The molecule has 6 aromatic carbocycles. The Hall–Kier alpha value is -4.86. The van der Waals surface area contributed by atoms with E-state index in [0.717, 1.165) is 22.3 Å². The second kappa shape index (κ2) is 16.7. The first kappa shape index (κ1) is 39.4. The van der Waals surface area contributed by atoms with Gasteiger partial charge in [0.05, 0.1) is 6.61 Å². The zero-order valence-corrected chi connectivity index (χ0v) is 34.0. The van der Waals surface area contributed by atoms with Crippen molar-refractivity contribution in [1.82, 2.24) is 0 Å². The molecule has 5 nitrogen and oxygen atoms in total. The summed E-state index contributed by atoms with van der Waals surface area (Å²) in [7, 11) is -0.296. The number of rotatable bonds is 14. The highest BCUT2D eigenvalue weighted by atomic mass is 28.4. The predicted molar refractivity (Wildman–Crippen MR) is 230 cm³/mol. The van der Waals surface area contributed by atoms with Crippen molar-refractivity contribution in [2.45, 2.75) is 49.2 Å². The molecule has 0 bridgehead atoms. The van der Waals surface area contributed by atoms with Gasteiger partial charge < -0.3 is 23.2 Å². The molecule has 2 atom stereocenters. The molecule has 1 fully saturated rings. The van der Waals surface area contributed by atoms with E-state index in [9.17, 15) is 0 Å². The quantitative estimate of drug-likeness (QED) is 0.104. The fraction of sp³-hybridized carbons (Fsp3) is 0.224. The Morgan fingerprint density at radius 2 is 0.804 bits per heavy atom. The van der Waals surface area contributed by atoms with Crippen LogP contribution in [0.4, 0.5) is 0 Å². The van der Waals surface area contributed by atoms with E-state index in [4.69, 9.17) is 23.2 Å². The Kier molecular flexibility index (Phi) is 11.7. The smallest absolute Gasteiger partial charge is 0.404 e. The number of benzene rings is 6. The molecule has 0 N–H and O–H groups in total. The first-order chi connectivity index (χ1) is 27.2. The van der Waals surface area contributed by atoms with Gasteiger partial charge in [0.2, 0.25) is 0 Å². The standard InChI is InChI=1S/C49H51BO5Si/c1-38(37-53-56(47(2,3)4,43-33-21-11-22-34-43)44-35-23-12-24-36-44)50-54-45(48(51-5,39-25-13-7-14-26-39)40-27-15-8-16-28-40)46(55-50)49(52-6,41-29-17-9-18-30-41)42-31-19-10-20-32-42/h7-36,45-46H,1,37H2,2-6H3/t45-,46-/m1/s1. The van der Waals surface area contributed by atoms with Gasteiger partial charge in [-0.05, 0) is 43.1 Å². The molecule has 1 aliphatic rings. The number of hydrogen-bond donors (Lipinski definition) is 0. The first-order valence-corrected chi connectivity index (χ1v) is 21.2. The third kappa shape index (κ3) is 6.94. The zero-order valence-electron chi connectivity index (χ0n) is 33.0. The molecule has 0 aromatic heterocycles. The van der Waals surface area contributed by atoms with E-state index >= 15 is 0 Å². The predicted octanol–water partition coefficient (Wildman–Crippen LogP) is 9.11. The van der Waals surface area contributed by atoms with Gasteiger partial charge in [-0.25, -0.2) is 0 Å². The average Bonchev–Trinajstić information content (AvgIpc) is 3.70. The number of ether oxygens (including phenoxy) is 2. The van der Waals surface area contributed by atoms with Gasteiger partial charge in [0.25, 0.3) is 8.32 Å². The highest BCUT2D eigenvalue weighted by Gasteiger charge is 2.62. The van der Waals surface area contributed by atoms with Crippen LogP contribution in [0, 0.1) is 0 Å². The fourth-order valence-electron chi connectivity index (χ4n) is 8.72. The van der Waals surface area contributed by atoms with E-state index in [-0.39, 0.29) is 11.6 Å². The maximum atomic E-state index is 7.39. The Morgan fingerprint density at radius 3 is 1.07 bits per heavy atom. The third-order valence-electron chi connectivity index (χ3n) is 11.3. The molecule has 1 saturated heterocycles. The van der Waals surface area contributed by atoms with Crippen LogP contribution in [0.1, 0.15) is 43.0 Å². The van der Waals surface area contributed by atoms with Crippen LogP contribution in [0.15, 0.2) is 194 Å². The minimum atomic E-state index is -2.92. The summed E-state index contributed by atoms with van der Waals surface area (Å²) in [5, 5.41) is 2.15. The van der Waals surface area contributed by atoms with Crippen molar-refractivity contribution in [3.63, 3.8) is 0 Å². The zero-order chi connectivity index (χ0) is 39.2. The van der Waals surface area contributed by atoms with Crippen molar-refractivity contribution >= 4 is 25.8 Å². The summed E-state index contributed by atoms with van der Waals surface area (Å²) in [5.41, 5.74) is 2.11. The fourth-order valence-corrected chi connectivity index (χ4v) is 13.3. The normalized spacial score (nSPS) is 16.5. The summed E-state index contributed by atoms with van der Waals surface area (Å²) in [6, 6.07) is 62.3. The molecule has 0 aliphatic carbocycles. The van der Waals surface area contributed by atoms with Gasteiger partial charge in [0.15, 0.2) is 0 Å². The summed E-state index contributed by atoms with van der Waals surface area (Å²) in [6.45, 7) is 11.7. The van der Waals surface area contributed by atoms with Crippen molar-refractivity contribution in [3.05, 3.63) is 216 Å². The SMILES string of the molecule is C=C(CO[Si](c1ccccc1)(c1ccccc1)C(C)(C)C)B1O[C@@H](C(OC)(c2ccccc2)c2ccccc2)[C@H](C(OC)(c2ccccc2)c2ccccc2)O1. The van der Waals surface area contributed by atoms with Crippen molar-refractivity contribution in [2.24, 2.45) is 0 Å². The average molecular weight is 759 g/mol. The molecule has 6 aromatic rings. The maximum absolute atomic E-state index is 7.39. The van der Waals surface area contributed by atoms with E-state index in [2.05, 4.69) is 137 Å². The highest BCUT2D eigenvalue weighted by Crippen LogP contribution is 2.51. The molecule has 1 heterocycles. The van der Waals surface area contributed by atoms with E-state index in [1.165, 1.54) is 10.4 Å². The Morgan fingerprint density at radius 1 is 0.518 bits per heavy atom. The number of hydrogen-bond acceptors (Lipinski definition) is 5. The second-order valence-corrected chi connectivity index (χ2v) is 19.7. The maximum Gasteiger partial charge on any atom is 0.492 e. The van der Waals surface area contributed by atoms with Gasteiger partial charge in [-0.3, -0.25) is 0 Å². The monoisotopic (exact) mass is 758 g/mol. The highest BCUT2D eigenvalue weighted by molar-refractivity contribution is 6.99. The van der Waals surface area contributed by atoms with Gasteiger partial charge >= 0.3 is 7.12 Å². The van der Waals surface area contributed by atoms with Gasteiger partial charge in [-0.15, -0.1) is 6.58 Å². The van der Waals surface area contributed by atoms with Crippen molar-refractivity contribution in [3.8, 4) is 0 Å². The molecular weight excluding hydrogens is 707 g/mol. The lowest BCUT2D eigenvalue weighted by molar-refractivity contribution is -0.136. The van der Waals surface area contributed by atoms with Crippen LogP contribution in [0.2, 0.25) is 5.04 Å².